The summed E-state index contributed by atoms with van der Waals surface area (Å²) in [5, 5.41) is 4.47. The molecule has 0 bridgehead atoms. The zero-order valence-electron chi connectivity index (χ0n) is 44.9. The molecule has 0 saturated carbocycles. The summed E-state index contributed by atoms with van der Waals surface area (Å²) in [7, 11) is 0. The summed E-state index contributed by atoms with van der Waals surface area (Å²) in [5.41, 5.74) is 5.19. The minimum absolute atomic E-state index is 0.0485. The first-order valence-corrected chi connectivity index (χ1v) is 22.6. The van der Waals surface area contributed by atoms with Gasteiger partial charge >= 0.3 is 289 Å². The van der Waals surface area contributed by atoms with E-state index in [0.29, 0.717) is 28.2 Å². The van der Waals surface area contributed by atoms with Gasteiger partial charge in [0.05, 0.1) is 13.7 Å². The van der Waals surface area contributed by atoms with Gasteiger partial charge in [0.15, 0.2) is 0 Å². The Kier molecular flexibility index (Phi) is 6.83. The topological polar surface area (TPSA) is 35.9 Å². The predicted octanol–water partition coefficient (Wildman–Crippen LogP) is 14.0. The van der Waals surface area contributed by atoms with Gasteiger partial charge < -0.3 is 0 Å². The van der Waals surface area contributed by atoms with E-state index in [1.807, 2.05) is 59.3 Å². The number of fused-ring (bicyclic) bond motifs is 8. The molecule has 8 aromatic carbocycles. The SMILES string of the molecule is [2H]c1c([2H])c([2H])c(-c2cccc(-c3c([2H])c([2H])c([2H])c([2H])c3[2H])c2-[n+]2[c-]n(-c3cccc(Oc4cc5c(c6ccccc6n5-c5cc(C(C)(C)C)ccn5)c5[se]c6ccccc6c45)c3)c3ccccc32)c([2H])c1[2H]. The molecule has 0 saturated heterocycles. The van der Waals surface area contributed by atoms with Gasteiger partial charge in [0.25, 0.3) is 0 Å². The Balaban J connectivity index is 1.08. The number of pyridine rings is 1. The molecule has 12 aromatic rings. The normalized spacial score (nSPS) is 14.2. The minimum atomic E-state index is -0.565. The molecule has 5 nitrogen and oxygen atoms in total. The maximum atomic E-state index is 9.08. The number of aromatic nitrogens is 4. The third-order valence-electron chi connectivity index (χ3n) is 11.8. The van der Waals surface area contributed by atoms with Crippen molar-refractivity contribution in [2.24, 2.45) is 0 Å². The van der Waals surface area contributed by atoms with Gasteiger partial charge in [-0.15, -0.1) is 0 Å². The summed E-state index contributed by atoms with van der Waals surface area (Å²) in [6, 6.07) is 38.0. The number of para-hydroxylation sites is 4. The van der Waals surface area contributed by atoms with Crippen LogP contribution in [0.1, 0.15) is 40.0 Å². The number of benzene rings is 8. The molecule has 0 aliphatic carbocycles. The van der Waals surface area contributed by atoms with Crippen molar-refractivity contribution >= 4 is 66.6 Å². The molecule has 4 aromatic heterocycles. The Labute approximate surface area is 391 Å². The number of hydrogen-bond acceptors (Lipinski definition) is 2. The fourth-order valence-corrected chi connectivity index (χ4v) is 11.5. The average Bonchev–Trinajstić information content (AvgIpc) is 4.09. The van der Waals surface area contributed by atoms with Gasteiger partial charge in [0.1, 0.15) is 0 Å². The van der Waals surface area contributed by atoms with Crippen molar-refractivity contribution in [3.63, 3.8) is 0 Å². The largest absolute Gasteiger partial charge is 0.0629 e. The molecule has 0 N–H and O–H groups in total. The Morgan fingerprint density at radius 3 is 2.06 bits per heavy atom. The van der Waals surface area contributed by atoms with Crippen LogP contribution < -0.4 is 9.30 Å². The number of imidazole rings is 1. The molecule has 0 radical (unpaired) electrons. The maximum Gasteiger partial charge on any atom is 0.0629 e. The maximum absolute atomic E-state index is 9.08. The van der Waals surface area contributed by atoms with E-state index in [1.165, 1.54) is 13.9 Å². The van der Waals surface area contributed by atoms with Crippen molar-refractivity contribution in [2.45, 2.75) is 26.2 Å². The van der Waals surface area contributed by atoms with Gasteiger partial charge in [-0.3, -0.25) is 0 Å². The van der Waals surface area contributed by atoms with Crippen LogP contribution in [0.5, 0.6) is 11.5 Å². The van der Waals surface area contributed by atoms with E-state index >= 15 is 0 Å². The Hall–Kier alpha value is -7.50. The Bertz CT molecular complexity index is 4220. The second kappa shape index (κ2) is 15.1. The van der Waals surface area contributed by atoms with E-state index in [0.717, 1.165) is 38.6 Å². The van der Waals surface area contributed by atoms with Crippen molar-refractivity contribution in [3.05, 3.63) is 212 Å². The van der Waals surface area contributed by atoms with Crippen LogP contribution in [-0.2, 0) is 5.41 Å². The van der Waals surface area contributed by atoms with Gasteiger partial charge in [-0.2, -0.15) is 0 Å². The van der Waals surface area contributed by atoms with E-state index in [1.54, 1.807) is 22.8 Å². The van der Waals surface area contributed by atoms with Crippen LogP contribution >= 0.6 is 0 Å². The number of hydrogen-bond donors (Lipinski definition) is 0. The van der Waals surface area contributed by atoms with Crippen molar-refractivity contribution < 1.29 is 23.0 Å². The van der Waals surface area contributed by atoms with E-state index in [2.05, 4.69) is 98.4 Å². The van der Waals surface area contributed by atoms with Crippen molar-refractivity contribution in [3.8, 4) is 50.9 Å². The van der Waals surface area contributed by atoms with Crippen LogP contribution in [-0.4, -0.2) is 28.6 Å². The number of rotatable bonds is 7. The second-order valence-electron chi connectivity index (χ2n) is 16.6. The molecule has 0 amide bonds. The van der Waals surface area contributed by atoms with Crippen LogP contribution in [0.4, 0.5) is 0 Å². The monoisotopic (exact) mass is 900 g/mol. The summed E-state index contributed by atoms with van der Waals surface area (Å²) >= 11 is -0.0485. The molecule has 0 atom stereocenters. The van der Waals surface area contributed by atoms with E-state index in [4.69, 9.17) is 23.4 Å². The molecule has 0 unspecified atom stereocenters. The molecule has 6 heteroatoms. The molecule has 0 aliphatic heterocycles. The quantitative estimate of drug-likeness (QED) is 0.0908. The van der Waals surface area contributed by atoms with Crippen LogP contribution in [0.3, 0.4) is 0 Å². The molecular weight excluding hydrogens is 848 g/mol. The van der Waals surface area contributed by atoms with Gasteiger partial charge in [-0.25, -0.2) is 0 Å². The first-order chi connectivity index (χ1) is 35.5. The van der Waals surface area contributed by atoms with Crippen LogP contribution in [0.15, 0.2) is 200 Å². The second-order valence-corrected chi connectivity index (χ2v) is 18.8. The van der Waals surface area contributed by atoms with Gasteiger partial charge in [0, 0.05) is 0 Å². The zero-order chi connectivity index (χ0) is 51.6. The number of nitrogens with zero attached hydrogens (tertiary/aromatic N) is 4. The van der Waals surface area contributed by atoms with Gasteiger partial charge in [-0.05, 0) is 11.1 Å². The van der Waals surface area contributed by atoms with E-state index < -0.39 is 60.4 Å². The molecule has 0 fully saturated rings. The zero-order valence-corrected chi connectivity index (χ0v) is 36.6. The molecular formula is C58H42N4OSe. The fourth-order valence-electron chi connectivity index (χ4n) is 8.82. The molecule has 0 aliphatic rings. The van der Waals surface area contributed by atoms with Crippen LogP contribution in [0.2, 0.25) is 0 Å². The van der Waals surface area contributed by atoms with E-state index in [9.17, 15) is 0 Å². The molecule has 0 spiro atoms. The van der Waals surface area contributed by atoms with Crippen molar-refractivity contribution in [2.75, 3.05) is 0 Å². The molecule has 4 heterocycles. The number of ether oxygens (including phenoxy) is 1. The van der Waals surface area contributed by atoms with Gasteiger partial charge in [0.2, 0.25) is 0 Å². The first-order valence-electron chi connectivity index (χ1n) is 25.9. The van der Waals surface area contributed by atoms with Crippen molar-refractivity contribution in [1.82, 2.24) is 14.1 Å². The van der Waals surface area contributed by atoms with Crippen LogP contribution in [0, 0.1) is 6.33 Å². The summed E-state index contributed by atoms with van der Waals surface area (Å²) < 4.78 is 103. The molecule has 306 valence electrons. The third-order valence-corrected chi connectivity index (χ3v) is 14.2. The van der Waals surface area contributed by atoms with E-state index in [-0.39, 0.29) is 47.9 Å². The summed E-state index contributed by atoms with van der Waals surface area (Å²) in [6.45, 7) is 6.60. The molecule has 12 rings (SSSR count). The fraction of sp³-hybridized carbons (Fsp3) is 0.0690. The molecule has 64 heavy (non-hydrogen) atoms. The first kappa shape index (κ1) is 29.0. The van der Waals surface area contributed by atoms with Gasteiger partial charge in [-0.1, -0.05) is 78.6 Å². The minimum Gasteiger partial charge on any atom is -0.0617 e. The summed E-state index contributed by atoms with van der Waals surface area (Å²) in [6.07, 6.45) is 5.37. The van der Waals surface area contributed by atoms with Crippen LogP contribution in [0.25, 0.3) is 91.6 Å². The predicted molar refractivity (Wildman–Crippen MR) is 264 cm³/mol. The standard InChI is InChI=1S/C58H42N4OSe/c1-58(2,3)40-32-33-59-53(34-40)62-47-28-12-10-24-45(47)54-50(62)36-51(55-46-25-11-15-31-52(46)64-57(54)55)63-42-23-16-22-41(35-42)60-37-61(49-30-14-13-29-48(49)60)56-43(38-18-6-4-7-19-38)26-17-27-44(56)39-20-8-5-9-21-39/h4-36H,1-3H3/i4D,5D,6D,7D,8D,9D,18D,19D,20D,21D. The smallest absolute Gasteiger partial charge is 0.0617 e. The Morgan fingerprint density at radius 1 is 0.641 bits per heavy atom. The summed E-state index contributed by atoms with van der Waals surface area (Å²) in [5.74, 6) is 2.03. The van der Waals surface area contributed by atoms with Crippen molar-refractivity contribution in [1.29, 1.82) is 0 Å². The average molecular weight is 900 g/mol. The Morgan fingerprint density at radius 2 is 1.31 bits per heavy atom. The summed E-state index contributed by atoms with van der Waals surface area (Å²) in [4.78, 5) is 4.95. The third kappa shape index (κ3) is 6.29.